The highest BCUT2D eigenvalue weighted by Gasteiger charge is 2.51. The van der Waals surface area contributed by atoms with Gasteiger partial charge >= 0.3 is 0 Å². The molecule has 1 aliphatic carbocycles. The number of carbonyl (C=O) groups is 1. The van der Waals surface area contributed by atoms with Crippen molar-refractivity contribution in [3.05, 3.63) is 59.7 Å². The third kappa shape index (κ3) is 3.19. The van der Waals surface area contributed by atoms with Gasteiger partial charge in [0.05, 0.1) is 11.1 Å². The molecule has 2 aromatic carbocycles. The van der Waals surface area contributed by atoms with Crippen molar-refractivity contribution in [3.63, 3.8) is 0 Å². The molecule has 0 atom stereocenters. The summed E-state index contributed by atoms with van der Waals surface area (Å²) >= 11 is 0. The molecule has 5 heteroatoms. The summed E-state index contributed by atoms with van der Waals surface area (Å²) < 4.78 is 0. The van der Waals surface area contributed by atoms with Gasteiger partial charge in [0.2, 0.25) is 5.91 Å². The van der Waals surface area contributed by atoms with Gasteiger partial charge in [-0.05, 0) is 77.3 Å². The van der Waals surface area contributed by atoms with E-state index in [1.807, 2.05) is 52.0 Å². The van der Waals surface area contributed by atoms with E-state index in [1.54, 1.807) is 0 Å². The van der Waals surface area contributed by atoms with E-state index < -0.39 is 11.2 Å². The fourth-order valence-electron chi connectivity index (χ4n) is 3.32. The van der Waals surface area contributed by atoms with Gasteiger partial charge in [-0.25, -0.2) is 9.68 Å². The van der Waals surface area contributed by atoms with Gasteiger partial charge in [0.1, 0.15) is 11.2 Å². The molecule has 1 N–H and O–H groups in total. The summed E-state index contributed by atoms with van der Waals surface area (Å²) in [5, 5.41) is 4.53. The number of carbonyl (C=O) groups excluding carboxylic acids is 1. The smallest absolute Gasteiger partial charge is 0.235 e. The van der Waals surface area contributed by atoms with Crippen LogP contribution in [0.15, 0.2) is 48.5 Å². The van der Waals surface area contributed by atoms with E-state index in [-0.39, 0.29) is 11.3 Å². The molecule has 1 aliphatic heterocycles. The van der Waals surface area contributed by atoms with Crippen LogP contribution >= 0.6 is 0 Å². The summed E-state index contributed by atoms with van der Waals surface area (Å²) in [6, 6.07) is 15.8. The number of amides is 1. The predicted molar refractivity (Wildman–Crippen MR) is 110 cm³/mol. The minimum absolute atomic E-state index is 0.0556. The van der Waals surface area contributed by atoms with Gasteiger partial charge in [-0.3, -0.25) is 4.79 Å². The van der Waals surface area contributed by atoms with E-state index in [9.17, 15) is 4.79 Å². The summed E-state index contributed by atoms with van der Waals surface area (Å²) in [5.74, 6) is 0.0556. The Balaban J connectivity index is 1.45. The minimum atomic E-state index is -0.438. The van der Waals surface area contributed by atoms with Crippen LogP contribution in [0.2, 0.25) is 0 Å². The van der Waals surface area contributed by atoms with Crippen molar-refractivity contribution in [2.45, 2.75) is 64.1 Å². The van der Waals surface area contributed by atoms with Crippen LogP contribution in [-0.2, 0) is 19.9 Å². The number of hydrogen-bond donors (Lipinski definition) is 1. The first-order valence-corrected chi connectivity index (χ1v) is 9.80. The second-order valence-corrected chi connectivity index (χ2v) is 8.91. The standard InChI is InChI=1S/C23H28N2O3/c1-16-6-8-17(9-7-16)23(14-15-23)20(26)24-18-10-12-19(13-11-18)25-27-21(2,3)22(4,5)28-25/h6-13H,14-15H2,1-5H3,(H,24,26). The summed E-state index contributed by atoms with van der Waals surface area (Å²) in [7, 11) is 0. The van der Waals surface area contributed by atoms with E-state index in [1.165, 1.54) is 10.8 Å². The van der Waals surface area contributed by atoms with Crippen LogP contribution in [-0.4, -0.2) is 17.1 Å². The average molecular weight is 380 g/mol. The van der Waals surface area contributed by atoms with E-state index in [0.29, 0.717) is 0 Å². The van der Waals surface area contributed by atoms with Crippen molar-refractivity contribution in [2.75, 3.05) is 10.5 Å². The molecule has 5 nitrogen and oxygen atoms in total. The number of nitrogens with one attached hydrogen (secondary N) is 1. The van der Waals surface area contributed by atoms with Crippen molar-refractivity contribution in [2.24, 2.45) is 0 Å². The summed E-state index contributed by atoms with van der Waals surface area (Å²) in [4.78, 5) is 24.8. The van der Waals surface area contributed by atoms with Crippen LogP contribution in [0.5, 0.6) is 0 Å². The fourth-order valence-corrected chi connectivity index (χ4v) is 3.32. The Morgan fingerprint density at radius 3 is 1.93 bits per heavy atom. The highest BCUT2D eigenvalue weighted by atomic mass is 17.0. The molecule has 2 aromatic rings. The molecule has 1 saturated carbocycles. The molecule has 1 heterocycles. The molecule has 0 radical (unpaired) electrons. The number of nitrogens with zero attached hydrogens (tertiary/aromatic N) is 1. The van der Waals surface area contributed by atoms with Crippen LogP contribution in [0.25, 0.3) is 0 Å². The highest BCUT2D eigenvalue weighted by Crippen LogP contribution is 2.49. The Bertz CT molecular complexity index is 865. The Kier molecular flexibility index (Phi) is 4.28. The second kappa shape index (κ2) is 6.33. The van der Waals surface area contributed by atoms with Crippen LogP contribution in [0.1, 0.15) is 51.7 Å². The normalized spacial score (nSPS) is 21.4. The number of aryl methyl sites for hydroxylation is 1. The number of rotatable bonds is 4. The zero-order chi connectivity index (χ0) is 20.2. The maximum Gasteiger partial charge on any atom is 0.235 e. The van der Waals surface area contributed by atoms with E-state index in [4.69, 9.17) is 9.68 Å². The lowest BCUT2D eigenvalue weighted by Crippen LogP contribution is -2.41. The van der Waals surface area contributed by atoms with Crippen molar-refractivity contribution in [1.82, 2.24) is 0 Å². The minimum Gasteiger partial charge on any atom is -0.325 e. The first-order chi connectivity index (χ1) is 13.1. The molecule has 2 aliphatic rings. The molecule has 4 rings (SSSR count). The summed E-state index contributed by atoms with van der Waals surface area (Å²) in [6.45, 7) is 10.1. The van der Waals surface area contributed by atoms with E-state index in [2.05, 4.69) is 36.5 Å². The van der Waals surface area contributed by atoms with Crippen molar-refractivity contribution in [3.8, 4) is 0 Å². The topological polar surface area (TPSA) is 50.8 Å². The van der Waals surface area contributed by atoms with Gasteiger partial charge < -0.3 is 5.32 Å². The van der Waals surface area contributed by atoms with Crippen molar-refractivity contribution < 1.29 is 14.5 Å². The first kappa shape index (κ1) is 19.0. The summed E-state index contributed by atoms with van der Waals surface area (Å²) in [5.41, 5.74) is 2.59. The van der Waals surface area contributed by atoms with Gasteiger partial charge in [0.15, 0.2) is 0 Å². The Hall–Kier alpha value is -2.37. The maximum atomic E-state index is 12.9. The van der Waals surface area contributed by atoms with E-state index >= 15 is 0 Å². The monoisotopic (exact) mass is 380 g/mol. The number of benzene rings is 2. The van der Waals surface area contributed by atoms with Crippen molar-refractivity contribution >= 4 is 17.3 Å². The first-order valence-electron chi connectivity index (χ1n) is 9.80. The van der Waals surface area contributed by atoms with Crippen molar-refractivity contribution in [1.29, 1.82) is 0 Å². The predicted octanol–water partition coefficient (Wildman–Crippen LogP) is 4.91. The Morgan fingerprint density at radius 1 is 0.893 bits per heavy atom. The molecule has 0 unspecified atom stereocenters. The van der Waals surface area contributed by atoms with Gasteiger partial charge in [0, 0.05) is 5.69 Å². The molecule has 2 fully saturated rings. The lowest BCUT2D eigenvalue weighted by molar-refractivity contribution is -0.118. The molecule has 148 valence electrons. The van der Waals surface area contributed by atoms with Crippen LogP contribution < -0.4 is 10.5 Å². The van der Waals surface area contributed by atoms with Crippen LogP contribution in [0.4, 0.5) is 11.4 Å². The third-order valence-electron chi connectivity index (χ3n) is 6.20. The average Bonchev–Trinajstić information content (AvgIpc) is 3.40. The van der Waals surface area contributed by atoms with Gasteiger partial charge in [0.25, 0.3) is 0 Å². The van der Waals surface area contributed by atoms with Crippen LogP contribution in [0, 0.1) is 6.92 Å². The zero-order valence-electron chi connectivity index (χ0n) is 17.2. The SMILES string of the molecule is Cc1ccc(C2(C(=O)Nc3ccc(N4OC(C)(C)C(C)(C)O4)cc3)CC2)cc1. The summed E-state index contributed by atoms with van der Waals surface area (Å²) in [6.07, 6.45) is 1.78. The molecular weight excluding hydrogens is 352 g/mol. The number of hydrogen-bond acceptors (Lipinski definition) is 4. The Labute approximate surface area is 166 Å². The third-order valence-corrected chi connectivity index (χ3v) is 6.20. The van der Waals surface area contributed by atoms with Gasteiger partial charge in [-0.2, -0.15) is 0 Å². The molecule has 0 spiro atoms. The molecule has 28 heavy (non-hydrogen) atoms. The lowest BCUT2D eigenvalue weighted by atomic mass is 9.90. The molecular formula is C23H28N2O3. The lowest BCUT2D eigenvalue weighted by Gasteiger charge is -2.26. The quantitative estimate of drug-likeness (QED) is 0.819. The van der Waals surface area contributed by atoms with Gasteiger partial charge in [-0.15, -0.1) is 5.23 Å². The maximum absolute atomic E-state index is 12.9. The largest absolute Gasteiger partial charge is 0.325 e. The van der Waals surface area contributed by atoms with E-state index in [0.717, 1.165) is 29.8 Å². The molecule has 0 aromatic heterocycles. The highest BCUT2D eigenvalue weighted by molar-refractivity contribution is 6.01. The molecule has 1 amide bonds. The molecule has 1 saturated heterocycles. The second-order valence-electron chi connectivity index (χ2n) is 8.91. The van der Waals surface area contributed by atoms with Crippen LogP contribution in [0.3, 0.4) is 0 Å². The number of anilines is 2. The van der Waals surface area contributed by atoms with Gasteiger partial charge in [-0.1, -0.05) is 29.8 Å². The Morgan fingerprint density at radius 2 is 1.43 bits per heavy atom. The molecule has 0 bridgehead atoms. The zero-order valence-corrected chi connectivity index (χ0v) is 17.2. The fraction of sp³-hybridized carbons (Fsp3) is 0.435.